The van der Waals surface area contributed by atoms with Crippen LogP contribution < -0.4 is 10.2 Å². The van der Waals surface area contributed by atoms with Crippen LogP contribution in [0, 0.1) is 0 Å². The Balaban J connectivity index is 1.40. The maximum Gasteiger partial charge on any atom is 0.272 e. The SMILES string of the molecule is O=C(N/N=C\c1cc(Cl)cc(Cl)c1OCc1ccc(Cl)c(Cl)c1)c1cc(-c2ccccc2)nc2ccccc12. The largest absolute Gasteiger partial charge is 0.487 e. The summed E-state index contributed by atoms with van der Waals surface area (Å²) >= 11 is 24.8. The summed E-state index contributed by atoms with van der Waals surface area (Å²) in [7, 11) is 0. The average Bonchev–Trinajstić information content (AvgIpc) is 2.94. The van der Waals surface area contributed by atoms with Crippen molar-refractivity contribution in [1.82, 2.24) is 10.4 Å². The Kier molecular flexibility index (Phi) is 8.34. The molecule has 1 aromatic heterocycles. The van der Waals surface area contributed by atoms with E-state index >= 15 is 0 Å². The van der Waals surface area contributed by atoms with Crippen molar-refractivity contribution in [2.75, 3.05) is 0 Å². The van der Waals surface area contributed by atoms with E-state index in [4.69, 9.17) is 56.1 Å². The number of hydrogen-bond donors (Lipinski definition) is 1. The lowest BCUT2D eigenvalue weighted by atomic mass is 10.0. The number of nitrogens with zero attached hydrogens (tertiary/aromatic N) is 2. The number of amides is 1. The van der Waals surface area contributed by atoms with Gasteiger partial charge in [0.15, 0.2) is 0 Å². The Morgan fingerprint density at radius 3 is 2.41 bits per heavy atom. The van der Waals surface area contributed by atoms with E-state index in [0.717, 1.165) is 11.1 Å². The van der Waals surface area contributed by atoms with Crippen molar-refractivity contribution in [3.8, 4) is 17.0 Å². The van der Waals surface area contributed by atoms with Crippen LogP contribution in [0.5, 0.6) is 5.75 Å². The van der Waals surface area contributed by atoms with Crippen LogP contribution in [0.3, 0.4) is 0 Å². The highest BCUT2D eigenvalue weighted by Crippen LogP contribution is 2.33. The van der Waals surface area contributed by atoms with Crippen LogP contribution in [0.4, 0.5) is 0 Å². The lowest BCUT2D eigenvalue weighted by Gasteiger charge is -2.12. The van der Waals surface area contributed by atoms with Crippen molar-refractivity contribution in [1.29, 1.82) is 0 Å². The Morgan fingerprint density at radius 1 is 0.846 bits per heavy atom. The molecule has 39 heavy (non-hydrogen) atoms. The van der Waals surface area contributed by atoms with E-state index in [1.807, 2.05) is 54.6 Å². The van der Waals surface area contributed by atoms with E-state index in [9.17, 15) is 4.79 Å². The van der Waals surface area contributed by atoms with Gasteiger partial charge in [0, 0.05) is 21.5 Å². The standard InChI is InChI=1S/C30H19Cl4N3O2/c31-21-13-20(29(26(34)14-21)39-17-18-10-11-24(32)25(33)12-18)16-35-37-30(38)23-15-28(19-6-2-1-3-7-19)36-27-9-5-4-8-22(23)27/h1-16H,17H2,(H,37,38)/b35-16-. The van der Waals surface area contributed by atoms with Crippen LogP contribution in [-0.2, 0) is 6.61 Å². The third-order valence-corrected chi connectivity index (χ3v) is 7.04. The van der Waals surface area contributed by atoms with Gasteiger partial charge in [0.25, 0.3) is 5.91 Å². The molecule has 0 saturated carbocycles. The van der Waals surface area contributed by atoms with Gasteiger partial charge < -0.3 is 4.74 Å². The molecule has 1 amide bonds. The fourth-order valence-electron chi connectivity index (χ4n) is 3.95. The second-order valence-corrected chi connectivity index (χ2v) is 10.1. The first-order valence-electron chi connectivity index (χ1n) is 11.7. The quantitative estimate of drug-likeness (QED) is 0.151. The molecule has 5 aromatic rings. The fraction of sp³-hybridized carbons (Fsp3) is 0.0333. The zero-order valence-corrected chi connectivity index (χ0v) is 23.2. The molecule has 1 N–H and O–H groups in total. The molecule has 0 bridgehead atoms. The Hall–Kier alpha value is -3.61. The average molecular weight is 595 g/mol. The van der Waals surface area contributed by atoms with Crippen LogP contribution >= 0.6 is 46.4 Å². The number of aromatic nitrogens is 1. The van der Waals surface area contributed by atoms with Crippen molar-refractivity contribution in [2.45, 2.75) is 6.61 Å². The van der Waals surface area contributed by atoms with E-state index in [1.54, 1.807) is 36.4 Å². The first-order valence-corrected chi connectivity index (χ1v) is 13.2. The maximum atomic E-state index is 13.3. The molecule has 1 heterocycles. The molecule has 0 unspecified atom stereocenters. The minimum atomic E-state index is -0.395. The molecule has 9 heteroatoms. The molecule has 194 valence electrons. The van der Waals surface area contributed by atoms with E-state index < -0.39 is 5.91 Å². The second-order valence-electron chi connectivity index (χ2n) is 8.48. The van der Waals surface area contributed by atoms with E-state index in [2.05, 4.69) is 10.5 Å². The van der Waals surface area contributed by atoms with E-state index in [0.29, 0.717) is 53.6 Å². The van der Waals surface area contributed by atoms with Crippen LogP contribution in [0.25, 0.3) is 22.2 Å². The summed E-state index contributed by atoms with van der Waals surface area (Å²) < 4.78 is 5.96. The third-order valence-electron chi connectivity index (χ3n) is 5.80. The maximum absolute atomic E-state index is 13.3. The molecule has 0 radical (unpaired) electrons. The first-order chi connectivity index (χ1) is 18.9. The molecule has 0 saturated heterocycles. The number of hydrazone groups is 1. The number of halogens is 4. The predicted molar refractivity (Wildman–Crippen MR) is 159 cm³/mol. The summed E-state index contributed by atoms with van der Waals surface area (Å²) in [6, 6.07) is 27.3. The summed E-state index contributed by atoms with van der Waals surface area (Å²) in [5, 5.41) is 6.44. The van der Waals surface area contributed by atoms with Gasteiger partial charge in [-0.2, -0.15) is 5.10 Å². The summed E-state index contributed by atoms with van der Waals surface area (Å²) in [5.41, 5.74) is 6.61. The second kappa shape index (κ2) is 12.1. The molecule has 5 rings (SSSR count). The van der Waals surface area contributed by atoms with Crippen molar-refractivity contribution in [3.63, 3.8) is 0 Å². The van der Waals surface area contributed by atoms with Gasteiger partial charge in [-0.3, -0.25) is 4.79 Å². The Labute approximate surface area is 245 Å². The molecule has 4 aromatic carbocycles. The lowest BCUT2D eigenvalue weighted by molar-refractivity contribution is 0.0956. The number of carbonyl (C=O) groups is 1. The van der Waals surface area contributed by atoms with Crippen molar-refractivity contribution >= 4 is 69.4 Å². The smallest absolute Gasteiger partial charge is 0.272 e. The summed E-state index contributed by atoms with van der Waals surface area (Å²) in [5.74, 6) is -0.0423. The molecule has 0 atom stereocenters. The van der Waals surface area contributed by atoms with Crippen LogP contribution in [0.15, 0.2) is 96.1 Å². The molecule has 0 aliphatic rings. The number of para-hydroxylation sites is 1. The third kappa shape index (κ3) is 6.35. The normalized spacial score (nSPS) is 11.2. The van der Waals surface area contributed by atoms with Gasteiger partial charge in [0.05, 0.1) is 38.1 Å². The molecular weight excluding hydrogens is 576 g/mol. The topological polar surface area (TPSA) is 63.6 Å². The van der Waals surface area contributed by atoms with Crippen molar-refractivity contribution in [2.24, 2.45) is 5.10 Å². The molecule has 0 aliphatic heterocycles. The zero-order chi connectivity index (χ0) is 27.4. The van der Waals surface area contributed by atoms with Gasteiger partial charge in [-0.15, -0.1) is 0 Å². The van der Waals surface area contributed by atoms with Crippen LogP contribution in [0.2, 0.25) is 20.1 Å². The van der Waals surface area contributed by atoms with Crippen molar-refractivity contribution in [3.05, 3.63) is 128 Å². The van der Waals surface area contributed by atoms with Crippen LogP contribution in [-0.4, -0.2) is 17.1 Å². The van der Waals surface area contributed by atoms with Gasteiger partial charge in [0.2, 0.25) is 0 Å². The highest BCUT2D eigenvalue weighted by atomic mass is 35.5. The molecular formula is C30H19Cl4N3O2. The highest BCUT2D eigenvalue weighted by molar-refractivity contribution is 6.42. The number of fused-ring (bicyclic) bond motifs is 1. The first kappa shape index (κ1) is 27.0. The predicted octanol–water partition coefficient (Wildman–Crippen LogP) is 8.86. The summed E-state index contributed by atoms with van der Waals surface area (Å²) in [6.07, 6.45) is 1.43. The number of nitrogens with one attached hydrogen (secondary N) is 1. The molecule has 5 nitrogen and oxygen atoms in total. The number of pyridine rings is 1. The summed E-state index contributed by atoms with van der Waals surface area (Å²) in [4.78, 5) is 18.0. The minimum absolute atomic E-state index is 0.177. The number of benzene rings is 4. The highest BCUT2D eigenvalue weighted by Gasteiger charge is 2.15. The number of ether oxygens (including phenoxy) is 1. The van der Waals surface area contributed by atoms with E-state index in [-0.39, 0.29) is 6.61 Å². The zero-order valence-electron chi connectivity index (χ0n) is 20.2. The molecule has 0 spiro atoms. The monoisotopic (exact) mass is 593 g/mol. The number of rotatable bonds is 7. The Bertz CT molecular complexity index is 1710. The van der Waals surface area contributed by atoms with Crippen molar-refractivity contribution < 1.29 is 9.53 Å². The lowest BCUT2D eigenvalue weighted by Crippen LogP contribution is -2.18. The number of carbonyl (C=O) groups excluding carboxylic acids is 1. The van der Waals surface area contributed by atoms with Gasteiger partial charge in [-0.05, 0) is 42.0 Å². The van der Waals surface area contributed by atoms with Gasteiger partial charge in [-0.25, -0.2) is 10.4 Å². The van der Waals surface area contributed by atoms with Gasteiger partial charge in [0.1, 0.15) is 12.4 Å². The number of hydrogen-bond acceptors (Lipinski definition) is 4. The van der Waals surface area contributed by atoms with E-state index in [1.165, 1.54) is 6.21 Å². The summed E-state index contributed by atoms with van der Waals surface area (Å²) in [6.45, 7) is 0.177. The molecule has 0 fully saturated rings. The van der Waals surface area contributed by atoms with Gasteiger partial charge in [-0.1, -0.05) is 101 Å². The van der Waals surface area contributed by atoms with Gasteiger partial charge >= 0.3 is 0 Å². The van der Waals surface area contributed by atoms with Crippen LogP contribution in [0.1, 0.15) is 21.5 Å². The fourth-order valence-corrected chi connectivity index (χ4v) is 4.84. The minimum Gasteiger partial charge on any atom is -0.487 e. The Morgan fingerprint density at radius 2 is 1.62 bits per heavy atom. The molecule has 0 aliphatic carbocycles.